The zero-order valence-corrected chi connectivity index (χ0v) is 15.3. The molecule has 0 spiro atoms. The van der Waals surface area contributed by atoms with E-state index in [2.05, 4.69) is 0 Å². The maximum atomic E-state index is 12.5. The lowest BCUT2D eigenvalue weighted by Gasteiger charge is -2.25. The van der Waals surface area contributed by atoms with E-state index in [1.54, 1.807) is 47.4 Å². The molecule has 0 saturated carbocycles. The lowest BCUT2D eigenvalue weighted by atomic mass is 10.0. The molecule has 3 aromatic rings. The van der Waals surface area contributed by atoms with Gasteiger partial charge in [0.2, 0.25) is 5.91 Å². The van der Waals surface area contributed by atoms with Gasteiger partial charge in [-0.15, -0.1) is 0 Å². The fourth-order valence-electron chi connectivity index (χ4n) is 3.37. The number of phenols is 1. The summed E-state index contributed by atoms with van der Waals surface area (Å²) in [5.41, 5.74) is 1.75. The molecule has 4 nitrogen and oxygen atoms in total. The number of phenolic OH excluding ortho intramolecular Hbond substituents is 1. The van der Waals surface area contributed by atoms with Crippen LogP contribution in [0, 0.1) is 0 Å². The third-order valence-electron chi connectivity index (χ3n) is 4.63. The van der Waals surface area contributed by atoms with Gasteiger partial charge in [-0.1, -0.05) is 23.7 Å². The molecule has 0 aromatic heterocycles. The predicted octanol–water partition coefficient (Wildman–Crippen LogP) is 5.71. The monoisotopic (exact) mass is 379 g/mol. The molecule has 1 aliphatic rings. The number of hydrogen-bond donors (Lipinski definition) is 1. The Bertz CT molecular complexity index is 954. The van der Waals surface area contributed by atoms with Gasteiger partial charge in [0.15, 0.2) is 0 Å². The van der Waals surface area contributed by atoms with Gasteiger partial charge < -0.3 is 14.7 Å². The van der Waals surface area contributed by atoms with Crippen molar-refractivity contribution in [3.05, 3.63) is 83.4 Å². The summed E-state index contributed by atoms with van der Waals surface area (Å²) in [5, 5.41) is 10.4. The van der Waals surface area contributed by atoms with Gasteiger partial charge in [0.05, 0.1) is 6.04 Å². The van der Waals surface area contributed by atoms with Crippen LogP contribution < -0.4 is 9.64 Å². The number of anilines is 1. The number of carbonyl (C=O) groups excluding carboxylic acids is 1. The minimum Gasteiger partial charge on any atom is -0.508 e. The van der Waals surface area contributed by atoms with Gasteiger partial charge in [0, 0.05) is 17.1 Å². The van der Waals surface area contributed by atoms with E-state index in [4.69, 9.17) is 16.3 Å². The maximum Gasteiger partial charge on any atom is 0.227 e. The Kier molecular flexibility index (Phi) is 4.73. The Morgan fingerprint density at radius 3 is 2.30 bits per heavy atom. The highest BCUT2D eigenvalue weighted by Crippen LogP contribution is 2.38. The number of amides is 1. The summed E-state index contributed by atoms with van der Waals surface area (Å²) < 4.78 is 5.81. The minimum absolute atomic E-state index is 0.0763. The zero-order valence-electron chi connectivity index (χ0n) is 14.5. The van der Waals surface area contributed by atoms with Crippen LogP contribution in [0.1, 0.15) is 24.4 Å². The van der Waals surface area contributed by atoms with Gasteiger partial charge in [0.25, 0.3) is 0 Å². The van der Waals surface area contributed by atoms with Gasteiger partial charge in [0.1, 0.15) is 17.2 Å². The molecular weight excluding hydrogens is 362 g/mol. The van der Waals surface area contributed by atoms with Gasteiger partial charge in [-0.2, -0.15) is 0 Å². The van der Waals surface area contributed by atoms with Gasteiger partial charge in [-0.05, 0) is 72.6 Å². The van der Waals surface area contributed by atoms with E-state index in [1.807, 2.05) is 30.3 Å². The third kappa shape index (κ3) is 3.76. The smallest absolute Gasteiger partial charge is 0.227 e. The van der Waals surface area contributed by atoms with Crippen LogP contribution in [0.2, 0.25) is 5.02 Å². The lowest BCUT2D eigenvalue weighted by Crippen LogP contribution is -2.27. The van der Waals surface area contributed by atoms with E-state index < -0.39 is 0 Å². The molecule has 0 bridgehead atoms. The molecule has 1 amide bonds. The largest absolute Gasteiger partial charge is 0.508 e. The molecule has 3 aromatic carbocycles. The topological polar surface area (TPSA) is 49.8 Å². The van der Waals surface area contributed by atoms with Crippen LogP contribution in [-0.4, -0.2) is 11.0 Å². The molecule has 5 heteroatoms. The average molecular weight is 380 g/mol. The zero-order chi connectivity index (χ0) is 18.8. The van der Waals surface area contributed by atoms with Crippen LogP contribution in [0.25, 0.3) is 0 Å². The Hall–Kier alpha value is -2.98. The first-order chi connectivity index (χ1) is 13.1. The van der Waals surface area contributed by atoms with Crippen molar-refractivity contribution in [2.24, 2.45) is 0 Å². The predicted molar refractivity (Wildman–Crippen MR) is 106 cm³/mol. The molecule has 0 unspecified atom stereocenters. The van der Waals surface area contributed by atoms with E-state index in [1.165, 1.54) is 0 Å². The number of rotatable bonds is 4. The minimum atomic E-state index is -0.0763. The van der Waals surface area contributed by atoms with E-state index in [9.17, 15) is 9.90 Å². The molecule has 1 N–H and O–H groups in total. The Labute approximate surface area is 162 Å². The van der Waals surface area contributed by atoms with E-state index >= 15 is 0 Å². The summed E-state index contributed by atoms with van der Waals surface area (Å²) in [6.45, 7) is 0. The van der Waals surface area contributed by atoms with Crippen LogP contribution in [0.5, 0.6) is 17.2 Å². The first-order valence-electron chi connectivity index (χ1n) is 8.74. The first-order valence-corrected chi connectivity index (χ1v) is 9.12. The summed E-state index contributed by atoms with van der Waals surface area (Å²) in [7, 11) is 0. The average Bonchev–Trinajstić information content (AvgIpc) is 3.06. The molecule has 1 aliphatic heterocycles. The van der Waals surface area contributed by atoms with Crippen molar-refractivity contribution in [3.8, 4) is 17.2 Å². The van der Waals surface area contributed by atoms with E-state index in [0.29, 0.717) is 22.9 Å². The number of aromatic hydroxyl groups is 1. The maximum absolute atomic E-state index is 12.5. The number of halogens is 1. The number of carbonyl (C=O) groups is 1. The number of ether oxygens (including phenoxy) is 1. The van der Waals surface area contributed by atoms with Crippen LogP contribution >= 0.6 is 11.6 Å². The summed E-state index contributed by atoms with van der Waals surface area (Å²) in [5.74, 6) is 1.66. The first kappa shape index (κ1) is 17.4. The Morgan fingerprint density at radius 2 is 1.63 bits per heavy atom. The number of hydrogen-bond acceptors (Lipinski definition) is 3. The molecule has 1 fully saturated rings. The fourth-order valence-corrected chi connectivity index (χ4v) is 3.49. The van der Waals surface area contributed by atoms with Crippen molar-refractivity contribution in [2.45, 2.75) is 18.9 Å². The number of nitrogens with zero attached hydrogens (tertiary/aromatic N) is 1. The van der Waals surface area contributed by atoms with Crippen molar-refractivity contribution >= 4 is 23.2 Å². The van der Waals surface area contributed by atoms with Gasteiger partial charge in [-0.25, -0.2) is 0 Å². The second-order valence-corrected chi connectivity index (χ2v) is 6.90. The second-order valence-electron chi connectivity index (χ2n) is 6.46. The molecule has 1 heterocycles. The normalized spacial score (nSPS) is 16.6. The Balaban J connectivity index is 1.56. The highest BCUT2D eigenvalue weighted by molar-refractivity contribution is 6.30. The van der Waals surface area contributed by atoms with Crippen molar-refractivity contribution in [2.75, 3.05) is 4.90 Å². The molecule has 0 aliphatic carbocycles. The van der Waals surface area contributed by atoms with Crippen LogP contribution in [0.3, 0.4) is 0 Å². The van der Waals surface area contributed by atoms with Crippen LogP contribution in [0.4, 0.5) is 5.69 Å². The lowest BCUT2D eigenvalue weighted by molar-refractivity contribution is -0.117. The quantitative estimate of drug-likeness (QED) is 0.632. The van der Waals surface area contributed by atoms with Gasteiger partial charge >= 0.3 is 0 Å². The Morgan fingerprint density at radius 1 is 0.963 bits per heavy atom. The summed E-state index contributed by atoms with van der Waals surface area (Å²) in [6, 6.07) is 21.6. The molecule has 4 rings (SSSR count). The summed E-state index contributed by atoms with van der Waals surface area (Å²) in [4.78, 5) is 14.3. The summed E-state index contributed by atoms with van der Waals surface area (Å²) in [6.07, 6.45) is 1.22. The molecule has 27 heavy (non-hydrogen) atoms. The third-order valence-corrected chi connectivity index (χ3v) is 4.88. The molecule has 1 atom stereocenters. The van der Waals surface area contributed by atoms with Crippen molar-refractivity contribution < 1.29 is 14.6 Å². The van der Waals surface area contributed by atoms with E-state index in [0.717, 1.165) is 17.7 Å². The van der Waals surface area contributed by atoms with Crippen LogP contribution in [-0.2, 0) is 4.79 Å². The summed E-state index contributed by atoms with van der Waals surface area (Å²) >= 11 is 5.89. The SMILES string of the molecule is O=C1CC[C@H](c2cccc(O)c2)N1c1ccc(Oc2ccc(Cl)cc2)cc1. The molecule has 1 saturated heterocycles. The number of benzene rings is 3. The van der Waals surface area contributed by atoms with Gasteiger partial charge in [-0.3, -0.25) is 4.79 Å². The van der Waals surface area contributed by atoms with Crippen molar-refractivity contribution in [1.82, 2.24) is 0 Å². The highest BCUT2D eigenvalue weighted by Gasteiger charge is 2.33. The standard InChI is InChI=1S/C22H18ClNO3/c23-16-4-8-19(9-5-16)27-20-10-6-17(7-11-20)24-21(12-13-22(24)26)15-2-1-3-18(25)14-15/h1-11,14,21,25H,12-13H2/t21-/m1/s1. The van der Waals surface area contributed by atoms with Crippen molar-refractivity contribution in [3.63, 3.8) is 0 Å². The molecule has 0 radical (unpaired) electrons. The van der Waals surface area contributed by atoms with Crippen molar-refractivity contribution in [1.29, 1.82) is 0 Å². The molecule has 136 valence electrons. The van der Waals surface area contributed by atoms with Crippen LogP contribution in [0.15, 0.2) is 72.8 Å². The highest BCUT2D eigenvalue weighted by atomic mass is 35.5. The molecular formula is C22H18ClNO3. The second kappa shape index (κ2) is 7.33. The van der Waals surface area contributed by atoms with E-state index in [-0.39, 0.29) is 17.7 Å². The fraction of sp³-hybridized carbons (Fsp3) is 0.136.